The zero-order chi connectivity index (χ0) is 32.9. The third-order valence-electron chi connectivity index (χ3n) is 6.40. The lowest BCUT2D eigenvalue weighted by atomic mass is 9.89. The molecule has 0 saturated heterocycles. The molecule has 0 heterocycles. The number of aliphatic carboxylic acids is 2. The molecular formula is C32H44N4O7S. The SMILES string of the molecule is CC(C)CC(C(=O)NC(CCOCC(NC(=O)CC(C)(C)C)C(=O)O)C(=O)O)c1ccc(NC(=S)Nc2ccccc2)cc1. The number of carboxylic acid groups (broad SMARTS) is 2. The summed E-state index contributed by atoms with van der Waals surface area (Å²) in [6.07, 6.45) is 0.538. The highest BCUT2D eigenvalue weighted by Crippen LogP contribution is 2.26. The van der Waals surface area contributed by atoms with Crippen molar-refractivity contribution in [2.75, 3.05) is 23.8 Å². The normalized spacial score (nSPS) is 13.3. The molecule has 0 saturated carbocycles. The predicted molar refractivity (Wildman–Crippen MR) is 174 cm³/mol. The van der Waals surface area contributed by atoms with Crippen LogP contribution in [0.4, 0.5) is 11.4 Å². The monoisotopic (exact) mass is 628 g/mol. The van der Waals surface area contributed by atoms with E-state index in [1.165, 1.54) is 0 Å². The van der Waals surface area contributed by atoms with E-state index in [-0.39, 0.29) is 37.4 Å². The summed E-state index contributed by atoms with van der Waals surface area (Å²) in [5.41, 5.74) is 1.97. The molecule has 3 atom stereocenters. The molecule has 0 bridgehead atoms. The first-order chi connectivity index (χ1) is 20.6. The minimum absolute atomic E-state index is 0.0908. The van der Waals surface area contributed by atoms with Crippen LogP contribution in [0.25, 0.3) is 0 Å². The first-order valence-corrected chi connectivity index (χ1v) is 14.9. The maximum atomic E-state index is 13.3. The standard InChI is InChI=1S/C32H44N4O7S/c1-20(2)17-24(21-11-13-23(14-12-21)34-31(44)33-22-9-7-6-8-10-22)28(38)36-25(29(39)40)15-16-43-19-26(30(41)42)35-27(37)18-32(3,4)5/h6-14,20,24-26H,15-19H2,1-5H3,(H,35,37)(H,36,38)(H,39,40)(H,41,42)(H2,33,34,44). The van der Waals surface area contributed by atoms with E-state index in [4.69, 9.17) is 17.0 Å². The van der Waals surface area contributed by atoms with Gasteiger partial charge < -0.3 is 36.2 Å². The fraction of sp³-hybridized carbons (Fsp3) is 0.469. The number of thiocarbonyl (C=S) groups is 1. The first-order valence-electron chi connectivity index (χ1n) is 14.5. The van der Waals surface area contributed by atoms with Crippen molar-refractivity contribution in [3.8, 4) is 0 Å². The van der Waals surface area contributed by atoms with Crippen LogP contribution in [0, 0.1) is 11.3 Å². The van der Waals surface area contributed by atoms with Gasteiger partial charge in [-0.15, -0.1) is 0 Å². The number of nitrogens with one attached hydrogen (secondary N) is 4. The summed E-state index contributed by atoms with van der Waals surface area (Å²) >= 11 is 5.38. The summed E-state index contributed by atoms with van der Waals surface area (Å²) in [4.78, 5) is 49.0. The van der Waals surface area contributed by atoms with E-state index in [2.05, 4.69) is 21.3 Å². The van der Waals surface area contributed by atoms with Crippen molar-refractivity contribution in [3.63, 3.8) is 0 Å². The van der Waals surface area contributed by atoms with Crippen molar-refractivity contribution < 1.29 is 34.1 Å². The van der Waals surface area contributed by atoms with Crippen LogP contribution in [0.1, 0.15) is 65.4 Å². The lowest BCUT2D eigenvalue weighted by Crippen LogP contribution is -2.46. The molecule has 240 valence electrons. The van der Waals surface area contributed by atoms with Gasteiger partial charge in [0.2, 0.25) is 11.8 Å². The van der Waals surface area contributed by atoms with Crippen LogP contribution in [-0.2, 0) is 23.9 Å². The average Bonchev–Trinajstić information content (AvgIpc) is 2.92. The van der Waals surface area contributed by atoms with Gasteiger partial charge >= 0.3 is 11.9 Å². The molecule has 0 aliphatic heterocycles. The number of anilines is 2. The van der Waals surface area contributed by atoms with Crippen LogP contribution in [0.15, 0.2) is 54.6 Å². The van der Waals surface area contributed by atoms with E-state index in [0.29, 0.717) is 11.5 Å². The summed E-state index contributed by atoms with van der Waals surface area (Å²) < 4.78 is 5.41. The molecule has 0 radical (unpaired) electrons. The second kappa shape index (κ2) is 17.3. The van der Waals surface area contributed by atoms with E-state index >= 15 is 0 Å². The predicted octanol–water partition coefficient (Wildman–Crippen LogP) is 4.61. The Bertz CT molecular complexity index is 1260. The Morgan fingerprint density at radius 2 is 1.41 bits per heavy atom. The number of para-hydroxylation sites is 1. The molecule has 0 aliphatic carbocycles. The highest BCUT2D eigenvalue weighted by atomic mass is 32.1. The number of benzene rings is 2. The summed E-state index contributed by atoms with van der Waals surface area (Å²) in [6, 6.07) is 14.2. The molecule has 2 aromatic carbocycles. The Labute approximate surface area is 264 Å². The highest BCUT2D eigenvalue weighted by molar-refractivity contribution is 7.80. The van der Waals surface area contributed by atoms with Gasteiger partial charge in [0.05, 0.1) is 12.5 Å². The van der Waals surface area contributed by atoms with E-state index in [1.807, 2.05) is 65.0 Å². The van der Waals surface area contributed by atoms with Crippen LogP contribution >= 0.6 is 12.2 Å². The summed E-state index contributed by atoms with van der Waals surface area (Å²) in [7, 11) is 0. The number of carbonyl (C=O) groups is 4. The Morgan fingerprint density at radius 1 is 0.841 bits per heavy atom. The Hall–Kier alpha value is -4.03. The number of rotatable bonds is 16. The summed E-state index contributed by atoms with van der Waals surface area (Å²) in [6.45, 7) is 9.06. The van der Waals surface area contributed by atoms with E-state index in [1.54, 1.807) is 24.3 Å². The lowest BCUT2D eigenvalue weighted by molar-refractivity contribution is -0.145. The molecular weight excluding hydrogens is 584 g/mol. The third kappa shape index (κ3) is 13.5. The molecule has 2 rings (SSSR count). The number of amides is 2. The Morgan fingerprint density at radius 3 is 1.93 bits per heavy atom. The zero-order valence-electron chi connectivity index (χ0n) is 25.9. The van der Waals surface area contributed by atoms with E-state index in [9.17, 15) is 29.4 Å². The number of hydrogen-bond acceptors (Lipinski definition) is 6. The van der Waals surface area contributed by atoms with Gasteiger partial charge in [0.15, 0.2) is 11.2 Å². The zero-order valence-corrected chi connectivity index (χ0v) is 26.7. The van der Waals surface area contributed by atoms with Crippen LogP contribution in [0.2, 0.25) is 0 Å². The van der Waals surface area contributed by atoms with Crippen molar-refractivity contribution in [1.82, 2.24) is 10.6 Å². The van der Waals surface area contributed by atoms with Crippen molar-refractivity contribution in [3.05, 3.63) is 60.2 Å². The minimum atomic E-state index is -1.28. The molecule has 2 aromatic rings. The van der Waals surface area contributed by atoms with Crippen molar-refractivity contribution in [2.45, 2.75) is 71.9 Å². The Kier molecular flexibility index (Phi) is 14.2. The second-order valence-corrected chi connectivity index (χ2v) is 12.6. The third-order valence-corrected chi connectivity index (χ3v) is 6.60. The number of carboxylic acids is 2. The quantitative estimate of drug-likeness (QED) is 0.114. The van der Waals surface area contributed by atoms with Gasteiger partial charge in [-0.2, -0.15) is 0 Å². The fourth-order valence-electron chi connectivity index (χ4n) is 4.31. The fourth-order valence-corrected chi connectivity index (χ4v) is 4.55. The lowest BCUT2D eigenvalue weighted by Gasteiger charge is -2.23. The maximum Gasteiger partial charge on any atom is 0.328 e. The maximum absolute atomic E-state index is 13.3. The van der Waals surface area contributed by atoms with E-state index < -0.39 is 41.8 Å². The molecule has 3 unspecified atom stereocenters. The molecule has 2 amide bonds. The minimum Gasteiger partial charge on any atom is -0.480 e. The number of hydrogen-bond donors (Lipinski definition) is 6. The van der Waals surface area contributed by atoms with Crippen molar-refractivity contribution in [1.29, 1.82) is 0 Å². The Balaban J connectivity index is 1.98. The van der Waals surface area contributed by atoms with Gasteiger partial charge in [-0.05, 0) is 59.8 Å². The number of ether oxygens (including phenoxy) is 1. The van der Waals surface area contributed by atoms with Crippen LogP contribution in [-0.4, -0.2) is 64.4 Å². The molecule has 12 heteroatoms. The number of carbonyl (C=O) groups excluding carboxylic acids is 2. The molecule has 0 aliphatic rings. The summed E-state index contributed by atoms with van der Waals surface area (Å²) in [5.74, 6) is -3.81. The van der Waals surface area contributed by atoms with Gasteiger partial charge in [0.1, 0.15) is 6.04 Å². The van der Waals surface area contributed by atoms with Gasteiger partial charge in [-0.1, -0.05) is 65.0 Å². The molecule has 0 aromatic heterocycles. The van der Waals surface area contributed by atoms with Gasteiger partial charge in [-0.25, -0.2) is 9.59 Å². The first kappa shape index (κ1) is 36.2. The van der Waals surface area contributed by atoms with E-state index in [0.717, 1.165) is 16.9 Å². The average molecular weight is 629 g/mol. The van der Waals surface area contributed by atoms with Gasteiger partial charge in [0.25, 0.3) is 0 Å². The molecule has 11 nitrogen and oxygen atoms in total. The molecule has 44 heavy (non-hydrogen) atoms. The van der Waals surface area contributed by atoms with Crippen LogP contribution in [0.5, 0.6) is 0 Å². The topological polar surface area (TPSA) is 166 Å². The van der Waals surface area contributed by atoms with Crippen molar-refractivity contribution in [2.24, 2.45) is 11.3 Å². The van der Waals surface area contributed by atoms with Crippen molar-refractivity contribution >= 4 is 52.5 Å². The highest BCUT2D eigenvalue weighted by Gasteiger charge is 2.28. The second-order valence-electron chi connectivity index (χ2n) is 12.2. The van der Waals surface area contributed by atoms with Crippen LogP contribution < -0.4 is 21.3 Å². The summed E-state index contributed by atoms with van der Waals surface area (Å²) in [5, 5.41) is 30.8. The largest absolute Gasteiger partial charge is 0.480 e. The van der Waals surface area contributed by atoms with Crippen LogP contribution in [0.3, 0.4) is 0 Å². The molecule has 6 N–H and O–H groups in total. The van der Waals surface area contributed by atoms with Gasteiger partial charge in [0, 0.05) is 30.8 Å². The smallest absolute Gasteiger partial charge is 0.328 e. The molecule has 0 fully saturated rings. The molecule has 0 spiro atoms. The van der Waals surface area contributed by atoms with Gasteiger partial charge in [-0.3, -0.25) is 9.59 Å².